The molecule has 0 aliphatic carbocycles. The molecule has 0 radical (unpaired) electrons. The molecule has 1 amide bonds. The second-order valence-corrected chi connectivity index (χ2v) is 2.86. The van der Waals surface area contributed by atoms with E-state index in [0.29, 0.717) is 11.5 Å². The lowest BCUT2D eigenvalue weighted by Gasteiger charge is -2.05. The summed E-state index contributed by atoms with van der Waals surface area (Å²) < 4.78 is 0. The molecule has 0 aliphatic heterocycles. The van der Waals surface area contributed by atoms with Crippen molar-refractivity contribution in [2.24, 2.45) is 11.7 Å². The van der Waals surface area contributed by atoms with Crippen LogP contribution in [0.1, 0.15) is 13.8 Å². The van der Waals surface area contributed by atoms with Crippen LogP contribution in [0, 0.1) is 5.92 Å². The Morgan fingerprint density at radius 2 is 2.20 bits per heavy atom. The van der Waals surface area contributed by atoms with Gasteiger partial charge in [0, 0.05) is 5.92 Å². The zero-order chi connectivity index (χ0) is 8.15. The van der Waals surface area contributed by atoms with Gasteiger partial charge >= 0.3 is 0 Å². The number of nitrogens with two attached hydrogens (primary N) is 1. The maximum atomic E-state index is 10.8. The fraction of sp³-hybridized carbons (Fsp3) is 0.667. The van der Waals surface area contributed by atoms with Gasteiger partial charge in [0.2, 0.25) is 5.91 Å². The SMILES string of the molecule is CC(C)C(=O)NCC(N)=S. The molecule has 10 heavy (non-hydrogen) atoms. The molecule has 4 heteroatoms. The van der Waals surface area contributed by atoms with E-state index in [1.807, 2.05) is 13.8 Å². The van der Waals surface area contributed by atoms with Gasteiger partial charge in [-0.05, 0) is 0 Å². The van der Waals surface area contributed by atoms with Crippen molar-refractivity contribution in [1.82, 2.24) is 5.32 Å². The van der Waals surface area contributed by atoms with Crippen molar-refractivity contribution >= 4 is 23.1 Å². The summed E-state index contributed by atoms with van der Waals surface area (Å²) in [4.78, 5) is 11.1. The van der Waals surface area contributed by atoms with Gasteiger partial charge in [-0.3, -0.25) is 4.79 Å². The third-order valence-electron chi connectivity index (χ3n) is 0.961. The van der Waals surface area contributed by atoms with E-state index < -0.39 is 0 Å². The first-order valence-electron chi connectivity index (χ1n) is 3.10. The standard InChI is InChI=1S/C6H12N2OS/c1-4(2)6(9)8-3-5(7)10/h4H,3H2,1-2H3,(H2,7,10)(H,8,9). The normalized spacial score (nSPS) is 9.50. The summed E-state index contributed by atoms with van der Waals surface area (Å²) >= 11 is 4.56. The van der Waals surface area contributed by atoms with Gasteiger partial charge in [0.25, 0.3) is 0 Å². The van der Waals surface area contributed by atoms with Gasteiger partial charge in [0.05, 0.1) is 11.5 Å². The zero-order valence-corrected chi connectivity index (χ0v) is 6.99. The Morgan fingerprint density at radius 1 is 1.70 bits per heavy atom. The van der Waals surface area contributed by atoms with E-state index in [1.54, 1.807) is 0 Å². The van der Waals surface area contributed by atoms with E-state index in [1.165, 1.54) is 0 Å². The Kier molecular flexibility index (Phi) is 3.95. The third-order valence-corrected chi connectivity index (χ3v) is 1.11. The number of nitrogens with one attached hydrogen (secondary N) is 1. The van der Waals surface area contributed by atoms with Crippen molar-refractivity contribution < 1.29 is 4.79 Å². The maximum Gasteiger partial charge on any atom is 0.222 e. The van der Waals surface area contributed by atoms with Crippen LogP contribution in [0.25, 0.3) is 0 Å². The summed E-state index contributed by atoms with van der Waals surface area (Å²) in [5, 5.41) is 2.58. The van der Waals surface area contributed by atoms with Crippen LogP contribution < -0.4 is 11.1 Å². The van der Waals surface area contributed by atoms with E-state index in [4.69, 9.17) is 5.73 Å². The van der Waals surface area contributed by atoms with E-state index in [-0.39, 0.29) is 11.8 Å². The predicted octanol–water partition coefficient (Wildman–Crippen LogP) is 0.0447. The van der Waals surface area contributed by atoms with E-state index >= 15 is 0 Å². The molecular weight excluding hydrogens is 148 g/mol. The fourth-order valence-corrected chi connectivity index (χ4v) is 0.451. The van der Waals surface area contributed by atoms with E-state index in [0.717, 1.165) is 0 Å². The first-order chi connectivity index (χ1) is 4.54. The van der Waals surface area contributed by atoms with Crippen LogP contribution in [0.2, 0.25) is 0 Å². The average molecular weight is 160 g/mol. The van der Waals surface area contributed by atoms with Gasteiger partial charge in [0.15, 0.2) is 0 Å². The van der Waals surface area contributed by atoms with Crippen molar-refractivity contribution in [3.05, 3.63) is 0 Å². The molecule has 0 saturated heterocycles. The lowest BCUT2D eigenvalue weighted by molar-refractivity contribution is -0.123. The molecule has 58 valence electrons. The Bertz CT molecular complexity index is 145. The van der Waals surface area contributed by atoms with Crippen LogP contribution in [-0.2, 0) is 4.79 Å². The van der Waals surface area contributed by atoms with Crippen molar-refractivity contribution in [3.63, 3.8) is 0 Å². The molecule has 0 rings (SSSR count). The first kappa shape index (κ1) is 9.36. The summed E-state index contributed by atoms with van der Waals surface area (Å²) in [6, 6.07) is 0. The van der Waals surface area contributed by atoms with Gasteiger partial charge in [-0.15, -0.1) is 0 Å². The molecule has 0 aromatic rings. The van der Waals surface area contributed by atoms with Gasteiger partial charge in [-0.25, -0.2) is 0 Å². The third kappa shape index (κ3) is 4.26. The van der Waals surface area contributed by atoms with Gasteiger partial charge in [0.1, 0.15) is 0 Å². The summed E-state index contributed by atoms with van der Waals surface area (Å²) in [6.45, 7) is 3.93. The van der Waals surface area contributed by atoms with Crippen molar-refractivity contribution in [1.29, 1.82) is 0 Å². The lowest BCUT2D eigenvalue weighted by atomic mass is 10.2. The van der Waals surface area contributed by atoms with Crippen LogP contribution in [0.3, 0.4) is 0 Å². The molecular formula is C6H12N2OS. The number of rotatable bonds is 3. The van der Waals surface area contributed by atoms with Crippen molar-refractivity contribution in [3.8, 4) is 0 Å². The molecule has 3 nitrogen and oxygen atoms in total. The molecule has 0 heterocycles. The summed E-state index contributed by atoms with van der Waals surface area (Å²) in [7, 11) is 0. The Morgan fingerprint density at radius 3 is 2.50 bits per heavy atom. The molecule has 0 atom stereocenters. The largest absolute Gasteiger partial charge is 0.392 e. The second kappa shape index (κ2) is 4.22. The molecule has 0 unspecified atom stereocenters. The Balaban J connectivity index is 3.50. The molecule has 0 aliphatic rings. The van der Waals surface area contributed by atoms with Crippen molar-refractivity contribution in [2.45, 2.75) is 13.8 Å². The number of hydrogen-bond acceptors (Lipinski definition) is 2. The average Bonchev–Trinajstić information content (AvgIpc) is 1.82. The second-order valence-electron chi connectivity index (χ2n) is 2.34. The smallest absolute Gasteiger partial charge is 0.222 e. The topological polar surface area (TPSA) is 55.1 Å². The number of thiocarbonyl (C=S) groups is 1. The highest BCUT2D eigenvalue weighted by atomic mass is 32.1. The monoisotopic (exact) mass is 160 g/mol. The number of carbonyl (C=O) groups is 1. The summed E-state index contributed by atoms with van der Waals surface area (Å²) in [5.74, 6) is -0.0258. The Hall–Kier alpha value is -0.640. The highest BCUT2D eigenvalue weighted by Crippen LogP contribution is 1.88. The molecule has 0 aromatic carbocycles. The molecule has 0 bridgehead atoms. The number of amides is 1. The minimum Gasteiger partial charge on any atom is -0.392 e. The quantitative estimate of drug-likeness (QED) is 0.573. The number of carbonyl (C=O) groups excluding carboxylic acids is 1. The van der Waals surface area contributed by atoms with Gasteiger partial charge in [-0.1, -0.05) is 26.1 Å². The molecule has 0 fully saturated rings. The van der Waals surface area contributed by atoms with Crippen LogP contribution in [-0.4, -0.2) is 17.4 Å². The van der Waals surface area contributed by atoms with Gasteiger partial charge in [-0.2, -0.15) is 0 Å². The summed E-state index contributed by atoms with van der Waals surface area (Å²) in [5.41, 5.74) is 5.16. The maximum absolute atomic E-state index is 10.8. The van der Waals surface area contributed by atoms with E-state index in [2.05, 4.69) is 17.5 Å². The van der Waals surface area contributed by atoms with E-state index in [9.17, 15) is 4.79 Å². The Labute approximate surface area is 66.0 Å². The molecule has 0 aromatic heterocycles. The number of hydrogen-bond donors (Lipinski definition) is 2. The minimum atomic E-state index is -0.0206. The fourth-order valence-electron chi connectivity index (χ4n) is 0.378. The van der Waals surface area contributed by atoms with Crippen LogP contribution in [0.5, 0.6) is 0 Å². The van der Waals surface area contributed by atoms with Crippen LogP contribution in [0.4, 0.5) is 0 Å². The van der Waals surface area contributed by atoms with Crippen molar-refractivity contribution in [2.75, 3.05) is 6.54 Å². The predicted molar refractivity (Wildman–Crippen MR) is 44.6 cm³/mol. The van der Waals surface area contributed by atoms with Gasteiger partial charge < -0.3 is 11.1 Å². The van der Waals surface area contributed by atoms with Crippen LogP contribution >= 0.6 is 12.2 Å². The highest BCUT2D eigenvalue weighted by Gasteiger charge is 2.04. The molecule has 3 N–H and O–H groups in total. The lowest BCUT2D eigenvalue weighted by Crippen LogP contribution is -2.34. The highest BCUT2D eigenvalue weighted by molar-refractivity contribution is 7.80. The summed E-state index contributed by atoms with van der Waals surface area (Å²) in [6.07, 6.45) is 0. The minimum absolute atomic E-state index is 0.00523. The first-order valence-corrected chi connectivity index (χ1v) is 3.51. The van der Waals surface area contributed by atoms with Crippen LogP contribution in [0.15, 0.2) is 0 Å². The molecule has 0 saturated carbocycles. The molecule has 0 spiro atoms. The zero-order valence-electron chi connectivity index (χ0n) is 6.18.